The van der Waals surface area contributed by atoms with E-state index in [1.54, 1.807) is 12.1 Å². The smallest absolute Gasteiger partial charge is 0.255 e. The first-order chi connectivity index (χ1) is 11.4. The fourth-order valence-corrected chi connectivity index (χ4v) is 4.34. The lowest BCUT2D eigenvalue weighted by Crippen LogP contribution is -2.30. The molecule has 1 saturated heterocycles. The minimum absolute atomic E-state index is 0.0485. The first-order valence-corrected chi connectivity index (χ1v) is 9.57. The van der Waals surface area contributed by atoms with Crippen molar-refractivity contribution >= 4 is 29.3 Å². The van der Waals surface area contributed by atoms with Crippen molar-refractivity contribution in [2.24, 2.45) is 0 Å². The van der Waals surface area contributed by atoms with Crippen molar-refractivity contribution in [2.45, 2.75) is 31.6 Å². The maximum Gasteiger partial charge on any atom is 0.255 e. The number of hydrogen-bond donors (Lipinski definition) is 0. The van der Waals surface area contributed by atoms with Crippen molar-refractivity contribution in [2.75, 3.05) is 12.3 Å². The lowest BCUT2D eigenvalue weighted by molar-refractivity contribution is 0.0760. The van der Waals surface area contributed by atoms with Crippen molar-refractivity contribution in [3.8, 4) is 0 Å². The number of carbonyl (C=O) groups is 1. The standard InChI is InChI=1S/C20H22ClNOS/c1-20(2,3)16-9-7-14(8-10-16)19-22(11-12-24-19)18(23)15-5-4-6-17(21)13-15/h4-10,13,19H,11-12H2,1-3H3. The highest BCUT2D eigenvalue weighted by Gasteiger charge is 2.31. The van der Waals surface area contributed by atoms with Crippen molar-refractivity contribution in [1.29, 1.82) is 0 Å². The number of amides is 1. The van der Waals surface area contributed by atoms with Gasteiger partial charge in [0.1, 0.15) is 5.37 Å². The first kappa shape index (κ1) is 17.4. The maximum absolute atomic E-state index is 12.9. The van der Waals surface area contributed by atoms with E-state index in [1.165, 1.54) is 11.1 Å². The summed E-state index contributed by atoms with van der Waals surface area (Å²) in [7, 11) is 0. The highest BCUT2D eigenvalue weighted by Crippen LogP contribution is 2.39. The third kappa shape index (κ3) is 3.62. The first-order valence-electron chi connectivity index (χ1n) is 8.15. The zero-order valence-corrected chi connectivity index (χ0v) is 15.8. The summed E-state index contributed by atoms with van der Waals surface area (Å²) in [6.07, 6.45) is 0. The second-order valence-electron chi connectivity index (χ2n) is 7.10. The molecule has 0 aromatic heterocycles. The maximum atomic E-state index is 12.9. The Bertz CT molecular complexity index is 736. The molecule has 0 saturated carbocycles. The molecule has 0 bridgehead atoms. The number of halogens is 1. The van der Waals surface area contributed by atoms with E-state index in [0.29, 0.717) is 10.6 Å². The molecule has 1 atom stereocenters. The van der Waals surface area contributed by atoms with Crippen LogP contribution in [0.3, 0.4) is 0 Å². The number of rotatable bonds is 2. The van der Waals surface area contributed by atoms with E-state index in [-0.39, 0.29) is 16.7 Å². The number of carbonyl (C=O) groups excluding carboxylic acids is 1. The van der Waals surface area contributed by atoms with E-state index in [9.17, 15) is 4.79 Å². The summed E-state index contributed by atoms with van der Waals surface area (Å²) in [5.41, 5.74) is 3.28. The molecule has 1 unspecified atom stereocenters. The zero-order valence-electron chi connectivity index (χ0n) is 14.3. The second-order valence-corrected chi connectivity index (χ2v) is 8.73. The molecule has 24 heavy (non-hydrogen) atoms. The van der Waals surface area contributed by atoms with Crippen LogP contribution in [0.1, 0.15) is 47.6 Å². The van der Waals surface area contributed by atoms with Crippen LogP contribution in [0.5, 0.6) is 0 Å². The average Bonchev–Trinajstić information content (AvgIpc) is 3.03. The van der Waals surface area contributed by atoms with Gasteiger partial charge in [-0.3, -0.25) is 4.79 Å². The molecule has 2 aromatic carbocycles. The molecule has 126 valence electrons. The van der Waals surface area contributed by atoms with Gasteiger partial charge in [0, 0.05) is 22.9 Å². The van der Waals surface area contributed by atoms with Gasteiger partial charge in [-0.05, 0) is 34.7 Å². The van der Waals surface area contributed by atoms with Crippen molar-refractivity contribution < 1.29 is 4.79 Å². The molecule has 1 amide bonds. The van der Waals surface area contributed by atoms with Gasteiger partial charge >= 0.3 is 0 Å². The van der Waals surface area contributed by atoms with E-state index in [0.717, 1.165) is 12.3 Å². The predicted molar refractivity (Wildman–Crippen MR) is 103 cm³/mol. The van der Waals surface area contributed by atoms with Crippen molar-refractivity contribution in [1.82, 2.24) is 4.90 Å². The molecule has 1 fully saturated rings. The van der Waals surface area contributed by atoms with Crippen LogP contribution in [-0.2, 0) is 5.41 Å². The SMILES string of the molecule is CC(C)(C)c1ccc(C2SCCN2C(=O)c2cccc(Cl)c2)cc1. The Balaban J connectivity index is 1.84. The van der Waals surface area contributed by atoms with Crippen LogP contribution in [0.4, 0.5) is 0 Å². The molecular weight excluding hydrogens is 338 g/mol. The molecule has 1 heterocycles. The monoisotopic (exact) mass is 359 g/mol. The molecule has 4 heteroatoms. The van der Waals surface area contributed by atoms with Gasteiger partial charge in [0.25, 0.3) is 5.91 Å². The number of hydrogen-bond acceptors (Lipinski definition) is 2. The van der Waals surface area contributed by atoms with Crippen LogP contribution in [0, 0.1) is 0 Å². The normalized spacial score (nSPS) is 18.0. The number of benzene rings is 2. The Labute approximate surface area is 153 Å². The molecular formula is C20H22ClNOS. The van der Waals surface area contributed by atoms with Gasteiger partial charge in [0.05, 0.1) is 0 Å². The third-order valence-electron chi connectivity index (χ3n) is 4.29. The summed E-state index contributed by atoms with van der Waals surface area (Å²) in [4.78, 5) is 14.8. The predicted octanol–water partition coefficient (Wildman–Crippen LogP) is 5.53. The van der Waals surface area contributed by atoms with Crippen molar-refractivity contribution in [3.63, 3.8) is 0 Å². The lowest BCUT2D eigenvalue weighted by atomic mass is 9.86. The second kappa shape index (κ2) is 6.81. The summed E-state index contributed by atoms with van der Waals surface area (Å²) in [5, 5.41) is 0.671. The van der Waals surface area contributed by atoms with Gasteiger partial charge < -0.3 is 4.90 Å². The highest BCUT2D eigenvalue weighted by molar-refractivity contribution is 7.99. The topological polar surface area (TPSA) is 20.3 Å². The third-order valence-corrected chi connectivity index (χ3v) is 5.78. The Hall–Kier alpha value is -1.45. The van der Waals surface area contributed by atoms with Crippen LogP contribution < -0.4 is 0 Å². The van der Waals surface area contributed by atoms with Crippen LogP contribution in [0.15, 0.2) is 48.5 Å². The average molecular weight is 360 g/mol. The minimum Gasteiger partial charge on any atom is -0.322 e. The van der Waals surface area contributed by atoms with Gasteiger partial charge in [-0.15, -0.1) is 11.8 Å². The fourth-order valence-electron chi connectivity index (χ4n) is 2.89. The Morgan fingerprint density at radius 1 is 1.17 bits per heavy atom. The Kier molecular flexibility index (Phi) is 4.93. The van der Waals surface area contributed by atoms with Gasteiger partial charge in [0.2, 0.25) is 0 Å². The molecule has 1 aliphatic heterocycles. The summed E-state index contributed by atoms with van der Waals surface area (Å²) >= 11 is 7.85. The van der Waals surface area contributed by atoms with E-state index < -0.39 is 0 Å². The minimum atomic E-state index is 0.0485. The molecule has 2 nitrogen and oxygen atoms in total. The fraction of sp³-hybridized carbons (Fsp3) is 0.350. The van der Waals surface area contributed by atoms with E-state index in [1.807, 2.05) is 28.8 Å². The lowest BCUT2D eigenvalue weighted by Gasteiger charge is -2.25. The van der Waals surface area contributed by atoms with E-state index in [2.05, 4.69) is 45.0 Å². The molecule has 1 aliphatic rings. The molecule has 0 aliphatic carbocycles. The van der Waals surface area contributed by atoms with Crippen LogP contribution >= 0.6 is 23.4 Å². The molecule has 0 spiro atoms. The van der Waals surface area contributed by atoms with E-state index in [4.69, 9.17) is 11.6 Å². The summed E-state index contributed by atoms with van der Waals surface area (Å²) in [6.45, 7) is 7.39. The molecule has 2 aromatic rings. The van der Waals surface area contributed by atoms with Gasteiger partial charge in [-0.25, -0.2) is 0 Å². The summed E-state index contributed by atoms with van der Waals surface area (Å²) in [5.74, 6) is 1.00. The van der Waals surface area contributed by atoms with Gasteiger partial charge in [0.15, 0.2) is 0 Å². The highest BCUT2D eigenvalue weighted by atomic mass is 35.5. The largest absolute Gasteiger partial charge is 0.322 e. The Morgan fingerprint density at radius 2 is 1.88 bits per heavy atom. The zero-order chi connectivity index (χ0) is 17.3. The van der Waals surface area contributed by atoms with Crippen LogP contribution in [0.25, 0.3) is 0 Å². The number of nitrogens with zero attached hydrogens (tertiary/aromatic N) is 1. The van der Waals surface area contributed by atoms with Crippen LogP contribution in [0.2, 0.25) is 5.02 Å². The molecule has 3 rings (SSSR count). The van der Waals surface area contributed by atoms with Gasteiger partial charge in [-0.1, -0.05) is 62.7 Å². The quantitative estimate of drug-likeness (QED) is 0.703. The summed E-state index contributed by atoms with van der Waals surface area (Å²) in [6, 6.07) is 15.9. The summed E-state index contributed by atoms with van der Waals surface area (Å²) < 4.78 is 0. The Morgan fingerprint density at radius 3 is 2.50 bits per heavy atom. The van der Waals surface area contributed by atoms with Crippen molar-refractivity contribution in [3.05, 3.63) is 70.2 Å². The van der Waals surface area contributed by atoms with Crippen LogP contribution in [-0.4, -0.2) is 23.1 Å². The molecule has 0 radical (unpaired) electrons. The molecule has 0 N–H and O–H groups in total. The van der Waals surface area contributed by atoms with E-state index >= 15 is 0 Å². The van der Waals surface area contributed by atoms with Gasteiger partial charge in [-0.2, -0.15) is 0 Å². The number of thioether (sulfide) groups is 1.